The van der Waals surface area contributed by atoms with Crippen molar-refractivity contribution in [3.05, 3.63) is 75.4 Å². The van der Waals surface area contributed by atoms with Crippen LogP contribution in [0.5, 0.6) is 0 Å². The fourth-order valence-electron chi connectivity index (χ4n) is 2.73. The molecular formula is C18H10N2O4S2. The maximum Gasteiger partial charge on any atom is 0.433 e. The average Bonchev–Trinajstić information content (AvgIpc) is 3.20. The van der Waals surface area contributed by atoms with E-state index in [9.17, 15) is 14.9 Å². The number of hydrogen-bond acceptors (Lipinski definition) is 6. The summed E-state index contributed by atoms with van der Waals surface area (Å²) >= 11 is 6.53. The summed E-state index contributed by atoms with van der Waals surface area (Å²) in [7, 11) is 0. The van der Waals surface area contributed by atoms with Crippen LogP contribution in [-0.4, -0.2) is 15.2 Å². The second kappa shape index (κ2) is 6.40. The van der Waals surface area contributed by atoms with E-state index in [-0.39, 0.29) is 17.6 Å². The van der Waals surface area contributed by atoms with Crippen molar-refractivity contribution in [1.82, 2.24) is 0 Å². The molecule has 1 aliphatic rings. The zero-order valence-corrected chi connectivity index (χ0v) is 14.8. The summed E-state index contributed by atoms with van der Waals surface area (Å²) in [5.74, 6) is -0.425. The summed E-state index contributed by atoms with van der Waals surface area (Å²) in [4.78, 5) is 24.8. The van der Waals surface area contributed by atoms with Gasteiger partial charge >= 0.3 is 5.88 Å². The molecule has 6 nitrogen and oxygen atoms in total. The summed E-state index contributed by atoms with van der Waals surface area (Å²) in [6, 6.07) is 16.1. The number of hydrogen-bond donors (Lipinski definition) is 0. The van der Waals surface area contributed by atoms with Crippen LogP contribution in [0.1, 0.15) is 5.76 Å². The number of rotatable bonds is 3. The zero-order valence-electron chi connectivity index (χ0n) is 13.1. The van der Waals surface area contributed by atoms with Crippen molar-refractivity contribution >= 4 is 62.6 Å². The van der Waals surface area contributed by atoms with Crippen molar-refractivity contribution in [2.75, 3.05) is 4.90 Å². The molecule has 0 radical (unpaired) electrons. The van der Waals surface area contributed by atoms with E-state index in [2.05, 4.69) is 0 Å². The third-order valence-electron chi connectivity index (χ3n) is 3.87. The standard InChI is InChI=1S/C18H10N2O4S2/c21-17-15(10-12-8-9-16(24-12)20(22)23)26-18(25)19(17)14-7-3-5-11-4-1-2-6-13(11)14/h1-10H. The Kier molecular flexibility index (Phi) is 4.06. The largest absolute Gasteiger partial charge is 0.433 e. The minimum atomic E-state index is -0.626. The van der Waals surface area contributed by atoms with Gasteiger partial charge in [-0.05, 0) is 17.5 Å². The molecule has 1 aromatic heterocycles. The van der Waals surface area contributed by atoms with Crippen molar-refractivity contribution in [2.24, 2.45) is 0 Å². The predicted octanol–water partition coefficient (Wildman–Crippen LogP) is 4.75. The molecule has 0 bridgehead atoms. The number of furan rings is 1. The van der Waals surface area contributed by atoms with E-state index in [1.54, 1.807) is 0 Å². The van der Waals surface area contributed by atoms with Gasteiger partial charge in [-0.1, -0.05) is 60.4 Å². The highest BCUT2D eigenvalue weighted by Gasteiger charge is 2.34. The minimum Gasteiger partial charge on any atom is -0.401 e. The van der Waals surface area contributed by atoms with E-state index in [1.165, 1.54) is 23.1 Å². The van der Waals surface area contributed by atoms with E-state index in [0.717, 1.165) is 22.5 Å². The van der Waals surface area contributed by atoms with Crippen LogP contribution in [0.15, 0.2) is 63.9 Å². The average molecular weight is 382 g/mol. The molecule has 128 valence electrons. The van der Waals surface area contributed by atoms with Crippen LogP contribution in [0.25, 0.3) is 16.8 Å². The van der Waals surface area contributed by atoms with Gasteiger partial charge in [0.05, 0.1) is 16.7 Å². The van der Waals surface area contributed by atoms with Crippen LogP contribution in [-0.2, 0) is 4.79 Å². The van der Waals surface area contributed by atoms with Crippen molar-refractivity contribution in [2.45, 2.75) is 0 Å². The van der Waals surface area contributed by atoms with Crippen molar-refractivity contribution in [1.29, 1.82) is 0 Å². The Labute approximate surface area is 157 Å². The lowest BCUT2D eigenvalue weighted by Crippen LogP contribution is -2.27. The molecule has 1 aliphatic heterocycles. The Morgan fingerprint density at radius 3 is 2.65 bits per heavy atom. The Balaban J connectivity index is 1.73. The molecule has 2 heterocycles. The third-order valence-corrected chi connectivity index (χ3v) is 5.17. The van der Waals surface area contributed by atoms with E-state index in [0.29, 0.717) is 14.9 Å². The number of carbonyl (C=O) groups is 1. The van der Waals surface area contributed by atoms with Crippen LogP contribution in [0, 0.1) is 10.1 Å². The molecule has 3 aromatic rings. The number of thiocarbonyl (C=S) groups is 1. The molecule has 0 atom stereocenters. The molecule has 0 spiro atoms. The molecule has 8 heteroatoms. The lowest BCUT2D eigenvalue weighted by atomic mass is 10.1. The number of anilines is 1. The van der Waals surface area contributed by atoms with Crippen LogP contribution >= 0.6 is 24.0 Å². The van der Waals surface area contributed by atoms with Gasteiger partial charge in [0.1, 0.15) is 10.7 Å². The number of carbonyl (C=O) groups excluding carboxylic acids is 1. The first kappa shape index (κ1) is 16.5. The number of nitrogens with zero attached hydrogens (tertiary/aromatic N) is 2. The molecule has 1 fully saturated rings. The molecule has 0 N–H and O–H groups in total. The molecule has 1 amide bonds. The first-order chi connectivity index (χ1) is 12.5. The molecule has 4 rings (SSSR count). The summed E-state index contributed by atoms with van der Waals surface area (Å²) in [5, 5.41) is 12.6. The van der Waals surface area contributed by atoms with Crippen LogP contribution in [0.4, 0.5) is 11.6 Å². The molecular weight excluding hydrogens is 372 g/mol. The SMILES string of the molecule is O=C1C(=Cc2ccc([N+](=O)[O-])o2)SC(=S)N1c1cccc2ccccc12. The minimum absolute atomic E-state index is 0.232. The summed E-state index contributed by atoms with van der Waals surface area (Å²) in [6.45, 7) is 0. The topological polar surface area (TPSA) is 76.6 Å². The van der Waals surface area contributed by atoms with Gasteiger partial charge in [-0.15, -0.1) is 0 Å². The highest BCUT2D eigenvalue weighted by molar-refractivity contribution is 8.27. The fourth-order valence-corrected chi connectivity index (χ4v) is 3.99. The normalized spacial score (nSPS) is 16.0. The van der Waals surface area contributed by atoms with E-state index in [1.807, 2.05) is 42.5 Å². The highest BCUT2D eigenvalue weighted by atomic mass is 32.2. The van der Waals surface area contributed by atoms with Gasteiger partial charge in [-0.2, -0.15) is 0 Å². The Hall–Kier alpha value is -2.97. The lowest BCUT2D eigenvalue weighted by Gasteiger charge is -2.17. The van der Waals surface area contributed by atoms with Gasteiger partial charge in [0.25, 0.3) is 5.91 Å². The lowest BCUT2D eigenvalue weighted by molar-refractivity contribution is -0.402. The van der Waals surface area contributed by atoms with Crippen molar-refractivity contribution in [3.8, 4) is 0 Å². The zero-order chi connectivity index (χ0) is 18.3. The first-order valence-electron chi connectivity index (χ1n) is 7.54. The van der Waals surface area contributed by atoms with E-state index < -0.39 is 4.92 Å². The Bertz CT molecular complexity index is 1100. The molecule has 2 aromatic carbocycles. The number of fused-ring (bicyclic) bond motifs is 1. The summed E-state index contributed by atoms with van der Waals surface area (Å²) in [6.07, 6.45) is 1.47. The fraction of sp³-hybridized carbons (Fsp3) is 0. The summed E-state index contributed by atoms with van der Waals surface area (Å²) < 4.78 is 5.50. The maximum atomic E-state index is 12.9. The van der Waals surface area contributed by atoms with Gasteiger partial charge in [0, 0.05) is 11.5 Å². The van der Waals surface area contributed by atoms with Gasteiger partial charge in [-0.25, -0.2) is 0 Å². The smallest absolute Gasteiger partial charge is 0.401 e. The van der Waals surface area contributed by atoms with Crippen LogP contribution in [0.3, 0.4) is 0 Å². The Morgan fingerprint density at radius 2 is 1.88 bits per heavy atom. The molecule has 0 aliphatic carbocycles. The van der Waals surface area contributed by atoms with E-state index in [4.69, 9.17) is 16.6 Å². The molecule has 0 unspecified atom stereocenters. The first-order valence-corrected chi connectivity index (χ1v) is 8.77. The second-order valence-electron chi connectivity index (χ2n) is 5.45. The van der Waals surface area contributed by atoms with Crippen molar-refractivity contribution < 1.29 is 14.1 Å². The second-order valence-corrected chi connectivity index (χ2v) is 7.12. The molecule has 26 heavy (non-hydrogen) atoms. The maximum absolute atomic E-state index is 12.9. The number of benzene rings is 2. The summed E-state index contributed by atoms with van der Waals surface area (Å²) in [5.41, 5.74) is 0.708. The van der Waals surface area contributed by atoms with Crippen LogP contribution in [0.2, 0.25) is 0 Å². The number of amides is 1. The van der Waals surface area contributed by atoms with Gasteiger partial charge in [0.15, 0.2) is 4.32 Å². The monoisotopic (exact) mass is 382 g/mol. The quantitative estimate of drug-likeness (QED) is 0.282. The highest BCUT2D eigenvalue weighted by Crippen LogP contribution is 2.39. The van der Waals surface area contributed by atoms with Crippen LogP contribution < -0.4 is 4.90 Å². The number of nitro groups is 1. The van der Waals surface area contributed by atoms with Crippen molar-refractivity contribution in [3.63, 3.8) is 0 Å². The predicted molar refractivity (Wildman–Crippen MR) is 105 cm³/mol. The van der Waals surface area contributed by atoms with Gasteiger partial charge < -0.3 is 4.42 Å². The van der Waals surface area contributed by atoms with Gasteiger partial charge in [-0.3, -0.25) is 19.8 Å². The molecule has 0 saturated carbocycles. The van der Waals surface area contributed by atoms with E-state index >= 15 is 0 Å². The third kappa shape index (κ3) is 2.79. The molecule has 1 saturated heterocycles. The Morgan fingerprint density at radius 1 is 1.12 bits per heavy atom. The number of thioether (sulfide) groups is 1. The van der Waals surface area contributed by atoms with Gasteiger partial charge in [0.2, 0.25) is 0 Å².